The van der Waals surface area contributed by atoms with Gasteiger partial charge in [0, 0.05) is 23.9 Å². The number of nitrogens with one attached hydrogen (secondary N) is 1. The average Bonchev–Trinajstić information content (AvgIpc) is 3.17. The van der Waals surface area contributed by atoms with Crippen LogP contribution in [-0.4, -0.2) is 46.8 Å². The molecule has 29 heavy (non-hydrogen) atoms. The molecule has 0 unspecified atom stereocenters. The van der Waals surface area contributed by atoms with Gasteiger partial charge in [-0.1, -0.05) is 12.1 Å². The number of hydrogen-bond acceptors (Lipinski definition) is 5. The molecule has 8 heteroatoms. The van der Waals surface area contributed by atoms with E-state index >= 15 is 0 Å². The second kappa shape index (κ2) is 9.79. The molecular formula is C21H23FN4O3. The molecular weight excluding hydrogens is 375 g/mol. The molecule has 0 amide bonds. The fraction of sp³-hybridized carbons (Fsp3) is 0.286. The third kappa shape index (κ3) is 5.86. The first-order valence-electron chi connectivity index (χ1n) is 9.38. The summed E-state index contributed by atoms with van der Waals surface area (Å²) in [6.45, 7) is 1.89. The first-order chi connectivity index (χ1) is 14.0. The van der Waals surface area contributed by atoms with E-state index in [9.17, 15) is 14.5 Å². The molecule has 7 nitrogen and oxygen atoms in total. The summed E-state index contributed by atoms with van der Waals surface area (Å²) < 4.78 is 18.6. The van der Waals surface area contributed by atoms with E-state index in [0.29, 0.717) is 13.2 Å². The number of hydrogen-bond donors (Lipinski definition) is 1. The van der Waals surface area contributed by atoms with Crippen molar-refractivity contribution in [2.75, 3.05) is 26.7 Å². The van der Waals surface area contributed by atoms with Crippen LogP contribution in [0.2, 0.25) is 0 Å². The fourth-order valence-electron chi connectivity index (χ4n) is 2.95. The van der Waals surface area contributed by atoms with Gasteiger partial charge in [-0.15, -0.1) is 0 Å². The van der Waals surface area contributed by atoms with Gasteiger partial charge < -0.3 is 9.64 Å². The Morgan fingerprint density at radius 2 is 1.93 bits per heavy atom. The van der Waals surface area contributed by atoms with Crippen LogP contribution in [0, 0.1) is 15.9 Å². The number of nitro groups is 1. The number of H-pyrrole nitrogens is 1. The van der Waals surface area contributed by atoms with Crippen LogP contribution in [0.5, 0.6) is 5.75 Å². The predicted molar refractivity (Wildman–Crippen MR) is 108 cm³/mol. The Morgan fingerprint density at radius 3 is 2.69 bits per heavy atom. The highest BCUT2D eigenvalue weighted by Gasteiger charge is 2.13. The molecule has 2 aromatic carbocycles. The van der Waals surface area contributed by atoms with Gasteiger partial charge in [-0.05, 0) is 62.8 Å². The molecule has 3 rings (SSSR count). The molecule has 0 spiro atoms. The average molecular weight is 398 g/mol. The Bertz CT molecular complexity index is 943. The fourth-order valence-corrected chi connectivity index (χ4v) is 2.95. The Hall–Kier alpha value is -3.26. The van der Waals surface area contributed by atoms with Gasteiger partial charge in [0.1, 0.15) is 12.4 Å². The lowest BCUT2D eigenvalue weighted by Crippen LogP contribution is -2.25. The summed E-state index contributed by atoms with van der Waals surface area (Å²) in [6.07, 6.45) is 1.76. The van der Waals surface area contributed by atoms with Crippen molar-refractivity contribution in [3.63, 3.8) is 0 Å². The van der Waals surface area contributed by atoms with Crippen molar-refractivity contribution in [2.45, 2.75) is 12.8 Å². The zero-order valence-corrected chi connectivity index (χ0v) is 16.2. The smallest absolute Gasteiger partial charge is 0.310 e. The molecule has 0 saturated carbocycles. The van der Waals surface area contributed by atoms with Gasteiger partial charge in [0.25, 0.3) is 0 Å². The number of halogens is 1. The molecule has 0 radical (unpaired) electrons. The van der Waals surface area contributed by atoms with E-state index in [1.165, 1.54) is 18.2 Å². The maximum Gasteiger partial charge on any atom is 0.310 e. The van der Waals surface area contributed by atoms with Gasteiger partial charge in [0.05, 0.1) is 10.6 Å². The summed E-state index contributed by atoms with van der Waals surface area (Å²) in [7, 11) is 1.99. The van der Waals surface area contributed by atoms with Gasteiger partial charge in [-0.2, -0.15) is 5.10 Å². The normalized spacial score (nSPS) is 11.0. The van der Waals surface area contributed by atoms with E-state index in [4.69, 9.17) is 4.74 Å². The highest BCUT2D eigenvalue weighted by molar-refractivity contribution is 5.59. The van der Waals surface area contributed by atoms with Gasteiger partial charge in [0.15, 0.2) is 5.75 Å². The second-order valence-corrected chi connectivity index (χ2v) is 6.77. The highest BCUT2D eigenvalue weighted by atomic mass is 19.1. The van der Waals surface area contributed by atoms with E-state index in [-0.39, 0.29) is 17.3 Å². The van der Waals surface area contributed by atoms with Gasteiger partial charge in [0.2, 0.25) is 0 Å². The number of para-hydroxylation sites is 2. The van der Waals surface area contributed by atoms with Crippen molar-refractivity contribution >= 4 is 5.69 Å². The molecule has 1 N–H and O–H groups in total. The predicted octanol–water partition coefficient (Wildman–Crippen LogP) is 4.07. The van der Waals surface area contributed by atoms with E-state index in [2.05, 4.69) is 15.1 Å². The molecule has 0 saturated heterocycles. The summed E-state index contributed by atoms with van der Waals surface area (Å²) in [5.74, 6) is 0.0232. The Balaban J connectivity index is 1.40. The number of aryl methyl sites for hydroxylation is 1. The van der Waals surface area contributed by atoms with E-state index in [1.54, 1.807) is 30.3 Å². The lowest BCUT2D eigenvalue weighted by atomic mass is 10.1. The third-order valence-electron chi connectivity index (χ3n) is 4.55. The zero-order chi connectivity index (χ0) is 20.6. The van der Waals surface area contributed by atoms with Crippen molar-refractivity contribution in [1.29, 1.82) is 0 Å². The highest BCUT2D eigenvalue weighted by Crippen LogP contribution is 2.25. The first kappa shape index (κ1) is 20.5. The molecule has 0 fully saturated rings. The lowest BCUT2D eigenvalue weighted by molar-refractivity contribution is -0.385. The van der Waals surface area contributed by atoms with Crippen LogP contribution in [0.3, 0.4) is 0 Å². The number of aromatic amines is 1. The molecule has 0 atom stereocenters. The van der Waals surface area contributed by atoms with Crippen LogP contribution < -0.4 is 4.74 Å². The summed E-state index contributed by atoms with van der Waals surface area (Å²) >= 11 is 0. The van der Waals surface area contributed by atoms with Crippen molar-refractivity contribution < 1.29 is 14.1 Å². The third-order valence-corrected chi connectivity index (χ3v) is 4.55. The number of nitro benzene ring substituents is 1. The van der Waals surface area contributed by atoms with Crippen LogP contribution >= 0.6 is 0 Å². The molecule has 0 aliphatic heterocycles. The summed E-state index contributed by atoms with van der Waals surface area (Å²) in [6, 6.07) is 14.6. The zero-order valence-electron chi connectivity index (χ0n) is 16.2. The number of benzene rings is 2. The van der Waals surface area contributed by atoms with Crippen molar-refractivity contribution in [3.05, 3.63) is 76.2 Å². The van der Waals surface area contributed by atoms with Gasteiger partial charge in [-0.3, -0.25) is 15.2 Å². The van der Waals surface area contributed by atoms with Crippen molar-refractivity contribution in [2.24, 2.45) is 0 Å². The lowest BCUT2D eigenvalue weighted by Gasteiger charge is -2.16. The molecule has 1 aromatic heterocycles. The van der Waals surface area contributed by atoms with Crippen molar-refractivity contribution in [3.8, 4) is 17.0 Å². The van der Waals surface area contributed by atoms with Crippen LogP contribution in [-0.2, 0) is 6.42 Å². The quantitative estimate of drug-likeness (QED) is 0.411. The number of nitrogens with zero attached hydrogens (tertiary/aromatic N) is 3. The van der Waals surface area contributed by atoms with E-state index in [0.717, 1.165) is 36.3 Å². The standard InChI is InChI=1S/C21H23FN4O3/c1-25(13-14-29-21-7-3-2-6-20(21)26(27)28)12-4-5-18-15-19(24-23-18)16-8-10-17(22)11-9-16/h2-3,6-11,15H,4-5,12-14H2,1H3,(H,23,24). The number of rotatable bonds is 10. The topological polar surface area (TPSA) is 84.3 Å². The molecule has 0 aliphatic carbocycles. The number of ether oxygens (including phenoxy) is 1. The second-order valence-electron chi connectivity index (χ2n) is 6.77. The van der Waals surface area contributed by atoms with Crippen LogP contribution in [0.25, 0.3) is 11.3 Å². The van der Waals surface area contributed by atoms with Gasteiger partial charge in [-0.25, -0.2) is 4.39 Å². The van der Waals surface area contributed by atoms with E-state index < -0.39 is 4.92 Å². The maximum atomic E-state index is 13.0. The molecule has 3 aromatic rings. The van der Waals surface area contributed by atoms with Crippen molar-refractivity contribution in [1.82, 2.24) is 15.1 Å². The molecule has 1 heterocycles. The Labute approximate surface area is 168 Å². The Kier molecular flexibility index (Phi) is 6.91. The minimum Gasteiger partial charge on any atom is -0.485 e. The minimum absolute atomic E-state index is 0.0219. The first-order valence-corrected chi connectivity index (χ1v) is 9.38. The monoisotopic (exact) mass is 398 g/mol. The largest absolute Gasteiger partial charge is 0.485 e. The van der Waals surface area contributed by atoms with Gasteiger partial charge >= 0.3 is 5.69 Å². The van der Waals surface area contributed by atoms with E-state index in [1.807, 2.05) is 13.1 Å². The summed E-state index contributed by atoms with van der Waals surface area (Å²) in [4.78, 5) is 12.7. The maximum absolute atomic E-state index is 13.0. The molecule has 152 valence electrons. The number of aromatic nitrogens is 2. The van der Waals surface area contributed by atoms with Crippen LogP contribution in [0.4, 0.5) is 10.1 Å². The van der Waals surface area contributed by atoms with Crippen LogP contribution in [0.15, 0.2) is 54.6 Å². The molecule has 0 aliphatic rings. The minimum atomic E-state index is -0.441. The number of likely N-dealkylation sites (N-methyl/N-ethyl adjacent to an activating group) is 1. The Morgan fingerprint density at radius 1 is 1.17 bits per heavy atom. The summed E-state index contributed by atoms with van der Waals surface area (Å²) in [5, 5.41) is 18.3. The van der Waals surface area contributed by atoms with Crippen LogP contribution in [0.1, 0.15) is 12.1 Å². The summed E-state index contributed by atoms with van der Waals surface area (Å²) in [5.41, 5.74) is 2.67. The molecule has 0 bridgehead atoms. The SMILES string of the molecule is CN(CCCc1cc(-c2ccc(F)cc2)n[nH]1)CCOc1ccccc1[N+](=O)[O-].